The Balaban J connectivity index is 3.92. The predicted octanol–water partition coefficient (Wildman–Crippen LogP) is 1.19. The summed E-state index contributed by atoms with van der Waals surface area (Å²) in [6, 6.07) is 0. The van der Waals surface area contributed by atoms with Gasteiger partial charge in [-0.25, -0.2) is 0 Å². The van der Waals surface area contributed by atoms with Gasteiger partial charge in [-0.1, -0.05) is 0 Å². The Morgan fingerprint density at radius 3 is 1.20 bits per heavy atom. The number of quaternary nitrogens is 2. The van der Waals surface area contributed by atoms with E-state index in [0.717, 1.165) is 22.1 Å². The molecule has 0 aromatic rings. The van der Waals surface area contributed by atoms with Gasteiger partial charge in [0.25, 0.3) is 0 Å². The second-order valence-corrected chi connectivity index (χ2v) is 6.70. The van der Waals surface area contributed by atoms with Crippen molar-refractivity contribution in [3.05, 3.63) is 0 Å². The minimum atomic E-state index is 0.326. The smallest absolute Gasteiger partial charge is 0.104 e. The van der Waals surface area contributed by atoms with E-state index in [1.165, 1.54) is 0 Å². The van der Waals surface area contributed by atoms with Gasteiger partial charge >= 0.3 is 0 Å². The standard InChI is InChI=1S/C12H30N2O/c1-11(9-13(3,4)5)15-12(2)10-14(6,7)8/h11-12H,9-10H2,1-8H3/q+2. The summed E-state index contributed by atoms with van der Waals surface area (Å²) in [6.45, 7) is 6.44. The average molecular weight is 218 g/mol. The molecule has 0 rings (SSSR count). The van der Waals surface area contributed by atoms with E-state index in [1.54, 1.807) is 0 Å². The van der Waals surface area contributed by atoms with E-state index in [2.05, 4.69) is 56.1 Å². The third-order valence-electron chi connectivity index (χ3n) is 2.07. The number of likely N-dealkylation sites (N-methyl/N-ethyl adjacent to an activating group) is 2. The van der Waals surface area contributed by atoms with E-state index in [0.29, 0.717) is 12.2 Å². The van der Waals surface area contributed by atoms with Crippen LogP contribution in [-0.2, 0) is 4.74 Å². The van der Waals surface area contributed by atoms with Gasteiger partial charge in [-0.3, -0.25) is 0 Å². The Hall–Kier alpha value is -0.120. The van der Waals surface area contributed by atoms with Crippen LogP contribution in [0.4, 0.5) is 0 Å². The number of rotatable bonds is 6. The topological polar surface area (TPSA) is 9.23 Å². The molecule has 2 atom stereocenters. The van der Waals surface area contributed by atoms with Crippen LogP contribution < -0.4 is 0 Å². The largest absolute Gasteiger partial charge is 0.364 e. The van der Waals surface area contributed by atoms with E-state index in [4.69, 9.17) is 4.74 Å². The maximum atomic E-state index is 5.97. The van der Waals surface area contributed by atoms with Gasteiger partial charge in [0.1, 0.15) is 25.3 Å². The van der Waals surface area contributed by atoms with Crippen LogP contribution >= 0.6 is 0 Å². The first kappa shape index (κ1) is 14.9. The van der Waals surface area contributed by atoms with Crippen molar-refractivity contribution in [2.24, 2.45) is 0 Å². The first-order valence-corrected chi connectivity index (χ1v) is 5.76. The predicted molar refractivity (Wildman–Crippen MR) is 65.8 cm³/mol. The van der Waals surface area contributed by atoms with Gasteiger partial charge in [0.2, 0.25) is 0 Å². The molecule has 0 aromatic carbocycles. The second-order valence-electron chi connectivity index (χ2n) is 6.70. The van der Waals surface area contributed by atoms with Crippen LogP contribution in [0.15, 0.2) is 0 Å². The Bertz CT molecular complexity index is 159. The molecule has 0 saturated heterocycles. The van der Waals surface area contributed by atoms with Crippen LogP contribution in [0.2, 0.25) is 0 Å². The van der Waals surface area contributed by atoms with Gasteiger partial charge in [0, 0.05) is 0 Å². The molecule has 0 N–H and O–H groups in total. The summed E-state index contributed by atoms with van der Waals surface area (Å²) in [5.74, 6) is 0. The maximum Gasteiger partial charge on any atom is 0.104 e. The van der Waals surface area contributed by atoms with Gasteiger partial charge in [-0.05, 0) is 13.8 Å². The number of hydrogen-bond acceptors (Lipinski definition) is 1. The van der Waals surface area contributed by atoms with Crippen LogP contribution in [0.5, 0.6) is 0 Å². The lowest BCUT2D eigenvalue weighted by molar-refractivity contribution is -0.878. The van der Waals surface area contributed by atoms with Crippen molar-refractivity contribution in [3.63, 3.8) is 0 Å². The first-order chi connectivity index (χ1) is 6.49. The fourth-order valence-corrected chi connectivity index (χ4v) is 2.03. The average Bonchev–Trinajstić information content (AvgIpc) is 1.73. The summed E-state index contributed by atoms with van der Waals surface area (Å²) < 4.78 is 7.88. The molecular formula is C12H30N2O+2. The van der Waals surface area contributed by atoms with Crippen LogP contribution in [0, 0.1) is 0 Å². The first-order valence-electron chi connectivity index (χ1n) is 5.76. The molecule has 0 heterocycles. The molecule has 3 nitrogen and oxygen atoms in total. The third kappa shape index (κ3) is 10.2. The molecule has 0 radical (unpaired) electrons. The van der Waals surface area contributed by atoms with E-state index >= 15 is 0 Å². The summed E-state index contributed by atoms with van der Waals surface area (Å²) in [6.07, 6.45) is 0.651. The Morgan fingerprint density at radius 2 is 1.00 bits per heavy atom. The highest BCUT2D eigenvalue weighted by Crippen LogP contribution is 2.05. The molecular weight excluding hydrogens is 188 g/mol. The van der Waals surface area contributed by atoms with Crippen molar-refractivity contribution in [3.8, 4) is 0 Å². The van der Waals surface area contributed by atoms with Crippen LogP contribution in [0.1, 0.15) is 13.8 Å². The monoisotopic (exact) mass is 218 g/mol. The summed E-state index contributed by atoms with van der Waals surface area (Å²) >= 11 is 0. The highest BCUT2D eigenvalue weighted by molar-refractivity contribution is 4.53. The molecule has 0 amide bonds. The molecule has 0 aromatic heterocycles. The molecule has 92 valence electrons. The quantitative estimate of drug-likeness (QED) is 0.609. The molecule has 0 aliphatic heterocycles. The van der Waals surface area contributed by atoms with E-state index in [-0.39, 0.29) is 0 Å². The van der Waals surface area contributed by atoms with E-state index in [9.17, 15) is 0 Å². The van der Waals surface area contributed by atoms with Gasteiger partial charge in [0.05, 0.1) is 42.3 Å². The van der Waals surface area contributed by atoms with Crippen molar-refractivity contribution in [1.82, 2.24) is 0 Å². The minimum absolute atomic E-state index is 0.326. The van der Waals surface area contributed by atoms with Crippen LogP contribution in [0.25, 0.3) is 0 Å². The molecule has 0 saturated carbocycles. The van der Waals surface area contributed by atoms with Crippen molar-refractivity contribution < 1.29 is 13.7 Å². The summed E-state index contributed by atoms with van der Waals surface area (Å²) in [7, 11) is 13.2. The Morgan fingerprint density at radius 1 is 0.733 bits per heavy atom. The molecule has 0 aliphatic rings. The fourth-order valence-electron chi connectivity index (χ4n) is 2.03. The van der Waals surface area contributed by atoms with Gasteiger partial charge in [-0.2, -0.15) is 0 Å². The zero-order valence-electron chi connectivity index (χ0n) is 11.9. The molecule has 0 spiro atoms. The fraction of sp³-hybridized carbons (Fsp3) is 1.00. The molecule has 0 aliphatic carbocycles. The number of hydrogen-bond donors (Lipinski definition) is 0. The molecule has 0 fully saturated rings. The number of nitrogens with zero attached hydrogens (tertiary/aromatic N) is 2. The Labute approximate surface area is 95.8 Å². The maximum absolute atomic E-state index is 5.97. The summed E-state index contributed by atoms with van der Waals surface area (Å²) in [5, 5.41) is 0. The lowest BCUT2D eigenvalue weighted by Gasteiger charge is -2.31. The van der Waals surface area contributed by atoms with Gasteiger partial charge < -0.3 is 13.7 Å². The lowest BCUT2D eigenvalue weighted by atomic mass is 10.3. The minimum Gasteiger partial charge on any atom is -0.364 e. The van der Waals surface area contributed by atoms with Gasteiger partial charge in [-0.15, -0.1) is 0 Å². The van der Waals surface area contributed by atoms with Crippen LogP contribution in [0.3, 0.4) is 0 Å². The normalized spacial score (nSPS) is 17.6. The summed E-state index contributed by atoms with van der Waals surface area (Å²) in [5.41, 5.74) is 0. The van der Waals surface area contributed by atoms with Crippen molar-refractivity contribution >= 4 is 0 Å². The SMILES string of the molecule is CC(C[N+](C)(C)C)OC(C)C[N+](C)(C)C. The van der Waals surface area contributed by atoms with E-state index < -0.39 is 0 Å². The highest BCUT2D eigenvalue weighted by atomic mass is 16.5. The lowest BCUT2D eigenvalue weighted by Crippen LogP contribution is -2.45. The third-order valence-corrected chi connectivity index (χ3v) is 2.07. The molecule has 3 heteroatoms. The van der Waals surface area contributed by atoms with Crippen molar-refractivity contribution in [2.75, 3.05) is 55.4 Å². The zero-order valence-corrected chi connectivity index (χ0v) is 11.9. The number of ether oxygens (including phenoxy) is 1. The second kappa shape index (κ2) is 5.28. The van der Waals surface area contributed by atoms with Gasteiger partial charge in [0.15, 0.2) is 0 Å². The zero-order chi connectivity index (χ0) is 12.3. The molecule has 15 heavy (non-hydrogen) atoms. The highest BCUT2D eigenvalue weighted by Gasteiger charge is 2.20. The van der Waals surface area contributed by atoms with E-state index in [1.807, 2.05) is 0 Å². The van der Waals surface area contributed by atoms with Crippen LogP contribution in [-0.4, -0.2) is 76.5 Å². The Kier molecular flexibility index (Phi) is 5.24. The molecule has 0 bridgehead atoms. The molecule has 2 unspecified atom stereocenters. The summed E-state index contributed by atoms with van der Waals surface area (Å²) in [4.78, 5) is 0. The van der Waals surface area contributed by atoms with Crippen molar-refractivity contribution in [1.29, 1.82) is 0 Å². The van der Waals surface area contributed by atoms with Crippen molar-refractivity contribution in [2.45, 2.75) is 26.1 Å².